The molecule has 6 rings (SSSR count). The molecule has 1 unspecified atom stereocenters. The van der Waals surface area contributed by atoms with E-state index in [4.69, 9.17) is 4.98 Å². The summed E-state index contributed by atoms with van der Waals surface area (Å²) in [6, 6.07) is 24.4. The molecule has 7 heteroatoms. The van der Waals surface area contributed by atoms with Crippen LogP contribution in [-0.2, 0) is 11.2 Å². The van der Waals surface area contributed by atoms with Crippen LogP contribution in [0.15, 0.2) is 78.9 Å². The van der Waals surface area contributed by atoms with Gasteiger partial charge in [0.25, 0.3) is 0 Å². The normalized spacial score (nSPS) is 15.8. The Balaban J connectivity index is 1.48. The molecule has 0 radical (unpaired) electrons. The highest BCUT2D eigenvalue weighted by atomic mass is 16.4. The van der Waals surface area contributed by atoms with E-state index in [0.717, 1.165) is 17.7 Å². The van der Waals surface area contributed by atoms with E-state index in [9.17, 15) is 14.7 Å². The highest BCUT2D eigenvalue weighted by Crippen LogP contribution is 2.48. The third kappa shape index (κ3) is 3.40. The average Bonchev–Trinajstić information content (AvgIpc) is 3.27. The number of benzene rings is 3. The molecule has 2 heterocycles. The maximum absolute atomic E-state index is 13.3. The molecule has 1 amide bonds. The number of carboxylic acid groups (broad SMARTS) is 1. The van der Waals surface area contributed by atoms with E-state index in [0.29, 0.717) is 23.0 Å². The predicted octanol–water partition coefficient (Wildman–Crippen LogP) is 5.60. The van der Waals surface area contributed by atoms with E-state index in [1.165, 1.54) is 16.7 Å². The molecule has 3 aromatic carbocycles. The van der Waals surface area contributed by atoms with Gasteiger partial charge in [-0.05, 0) is 66.4 Å². The fraction of sp³-hybridized carbons (Fsp3) is 0.138. The Labute approximate surface area is 208 Å². The van der Waals surface area contributed by atoms with Crippen molar-refractivity contribution in [2.75, 3.05) is 22.2 Å². The van der Waals surface area contributed by atoms with Crippen LogP contribution >= 0.6 is 0 Å². The Hall–Kier alpha value is -4.65. The number of aromatic carboxylic acids is 1. The summed E-state index contributed by atoms with van der Waals surface area (Å²) in [6.45, 7) is 1.90. The van der Waals surface area contributed by atoms with Crippen molar-refractivity contribution >= 4 is 40.6 Å². The maximum Gasteiger partial charge on any atom is 0.335 e. The minimum atomic E-state index is -0.990. The predicted molar refractivity (Wildman–Crippen MR) is 141 cm³/mol. The molecule has 4 aromatic rings. The monoisotopic (exact) mass is 476 g/mol. The lowest BCUT2D eigenvalue weighted by atomic mass is 10.0. The number of aromatic nitrogens is 1. The van der Waals surface area contributed by atoms with Crippen molar-refractivity contribution in [2.45, 2.75) is 19.4 Å². The summed E-state index contributed by atoms with van der Waals surface area (Å²) in [6.07, 6.45) is 0.858. The van der Waals surface area contributed by atoms with Gasteiger partial charge in [-0.3, -0.25) is 4.79 Å². The first kappa shape index (κ1) is 21.9. The number of nitrogens with zero attached hydrogens (tertiary/aromatic N) is 3. The molecule has 0 saturated carbocycles. The topological polar surface area (TPSA) is 85.8 Å². The molecule has 7 nitrogen and oxygen atoms in total. The Morgan fingerprint density at radius 1 is 0.972 bits per heavy atom. The van der Waals surface area contributed by atoms with Gasteiger partial charge in [-0.15, -0.1) is 0 Å². The van der Waals surface area contributed by atoms with E-state index in [1.807, 2.05) is 30.0 Å². The van der Waals surface area contributed by atoms with E-state index in [2.05, 4.69) is 35.6 Å². The van der Waals surface area contributed by atoms with Gasteiger partial charge in [-0.25, -0.2) is 9.78 Å². The Morgan fingerprint density at radius 2 is 1.75 bits per heavy atom. The first-order valence-corrected chi connectivity index (χ1v) is 11.8. The lowest BCUT2D eigenvalue weighted by Crippen LogP contribution is -2.49. The number of likely N-dealkylation sites (N-methyl/N-ethyl adjacent to an activating group) is 1. The molecule has 0 spiro atoms. The molecule has 1 aliphatic heterocycles. The molecular formula is C29H24N4O3. The third-order valence-corrected chi connectivity index (χ3v) is 6.96. The van der Waals surface area contributed by atoms with Gasteiger partial charge in [0.15, 0.2) is 5.82 Å². The first-order valence-electron chi connectivity index (χ1n) is 11.8. The molecule has 0 saturated heterocycles. The van der Waals surface area contributed by atoms with Gasteiger partial charge in [-0.1, -0.05) is 42.5 Å². The molecule has 2 N–H and O–H groups in total. The van der Waals surface area contributed by atoms with Crippen molar-refractivity contribution in [3.63, 3.8) is 0 Å². The summed E-state index contributed by atoms with van der Waals surface area (Å²) in [4.78, 5) is 33.3. The Morgan fingerprint density at radius 3 is 2.58 bits per heavy atom. The smallest absolute Gasteiger partial charge is 0.335 e. The number of hydrogen-bond donors (Lipinski definition) is 2. The summed E-state index contributed by atoms with van der Waals surface area (Å²) in [5.74, 6) is 0.226. The van der Waals surface area contributed by atoms with Crippen LogP contribution < -0.4 is 15.1 Å². The minimum absolute atomic E-state index is 0.0111. The highest BCUT2D eigenvalue weighted by Gasteiger charge is 2.38. The van der Waals surface area contributed by atoms with Crippen molar-refractivity contribution < 1.29 is 14.7 Å². The van der Waals surface area contributed by atoms with Crippen molar-refractivity contribution in [1.82, 2.24) is 4.98 Å². The second-order valence-electron chi connectivity index (χ2n) is 9.14. The molecule has 0 bridgehead atoms. The molecular weight excluding hydrogens is 452 g/mol. The Kier molecular flexibility index (Phi) is 5.00. The number of carbonyl (C=O) groups excluding carboxylic acids is 1. The van der Waals surface area contributed by atoms with Gasteiger partial charge < -0.3 is 20.2 Å². The molecule has 1 aliphatic carbocycles. The van der Waals surface area contributed by atoms with Crippen LogP contribution in [-0.4, -0.2) is 35.1 Å². The number of anilines is 5. The van der Waals surface area contributed by atoms with E-state index >= 15 is 0 Å². The number of pyridine rings is 1. The van der Waals surface area contributed by atoms with E-state index in [1.54, 1.807) is 42.3 Å². The number of rotatable bonds is 4. The van der Waals surface area contributed by atoms with Crippen LogP contribution in [0.3, 0.4) is 0 Å². The summed E-state index contributed by atoms with van der Waals surface area (Å²) in [5.41, 5.74) is 7.30. The highest BCUT2D eigenvalue weighted by molar-refractivity contribution is 6.07. The van der Waals surface area contributed by atoms with Crippen LogP contribution in [0, 0.1) is 0 Å². The number of carbonyl (C=O) groups is 2. The molecule has 36 heavy (non-hydrogen) atoms. The van der Waals surface area contributed by atoms with E-state index in [-0.39, 0.29) is 11.5 Å². The standard InChI is InChI=1S/C29H24N4O3/c1-17-28(34)32(2)24-13-14-25(30-21-10-5-9-20(16-21)29(35)36)31-27(24)33(17)23-12-6-8-19-15-18-7-3-4-11-22(18)26(19)23/h3-14,16-17H,15H2,1-2H3,(H,30,31)(H,35,36). The maximum atomic E-state index is 13.3. The SMILES string of the molecule is CC1C(=O)N(C)c2ccc(Nc3cccc(C(=O)O)c3)nc2N1c1cccc2c1-c1ccccc1C2. The third-order valence-electron chi connectivity index (χ3n) is 6.96. The molecule has 0 fully saturated rings. The Bertz CT molecular complexity index is 1550. The number of nitrogens with one attached hydrogen (secondary N) is 1. The van der Waals surface area contributed by atoms with Gasteiger partial charge in [0, 0.05) is 18.3 Å². The molecule has 2 aliphatic rings. The summed E-state index contributed by atoms with van der Waals surface area (Å²) in [7, 11) is 1.77. The fourth-order valence-corrected chi connectivity index (χ4v) is 5.21. The van der Waals surface area contributed by atoms with Gasteiger partial charge >= 0.3 is 5.97 Å². The average molecular weight is 477 g/mol. The number of amides is 1. The quantitative estimate of drug-likeness (QED) is 0.351. The van der Waals surface area contributed by atoms with Gasteiger partial charge in [0.2, 0.25) is 5.91 Å². The molecule has 1 atom stereocenters. The number of carboxylic acids is 1. The summed E-state index contributed by atoms with van der Waals surface area (Å²) < 4.78 is 0. The zero-order valence-corrected chi connectivity index (χ0v) is 19.9. The second kappa shape index (κ2) is 8.23. The lowest BCUT2D eigenvalue weighted by Gasteiger charge is -2.40. The molecule has 178 valence electrons. The van der Waals surface area contributed by atoms with Crippen LogP contribution in [0.5, 0.6) is 0 Å². The summed E-state index contributed by atoms with van der Waals surface area (Å²) >= 11 is 0. The largest absolute Gasteiger partial charge is 0.478 e. The van der Waals surface area contributed by atoms with E-state index < -0.39 is 12.0 Å². The minimum Gasteiger partial charge on any atom is -0.478 e. The first-order chi connectivity index (χ1) is 17.4. The zero-order valence-electron chi connectivity index (χ0n) is 19.9. The lowest BCUT2D eigenvalue weighted by molar-refractivity contribution is -0.119. The second-order valence-corrected chi connectivity index (χ2v) is 9.14. The van der Waals surface area contributed by atoms with Gasteiger partial charge in [-0.2, -0.15) is 0 Å². The van der Waals surface area contributed by atoms with Crippen molar-refractivity contribution in [3.8, 4) is 11.1 Å². The fourth-order valence-electron chi connectivity index (χ4n) is 5.21. The van der Waals surface area contributed by atoms with Crippen LogP contribution in [0.25, 0.3) is 11.1 Å². The summed E-state index contributed by atoms with van der Waals surface area (Å²) in [5, 5.41) is 12.6. The van der Waals surface area contributed by atoms with Gasteiger partial charge in [0.05, 0.1) is 16.9 Å². The van der Waals surface area contributed by atoms with Crippen molar-refractivity contribution in [1.29, 1.82) is 0 Å². The number of fused-ring (bicyclic) bond motifs is 4. The van der Waals surface area contributed by atoms with Crippen molar-refractivity contribution in [3.05, 3.63) is 95.6 Å². The molecule has 1 aromatic heterocycles. The van der Waals surface area contributed by atoms with Gasteiger partial charge in [0.1, 0.15) is 11.9 Å². The van der Waals surface area contributed by atoms with Crippen LogP contribution in [0.4, 0.5) is 28.7 Å². The zero-order chi connectivity index (χ0) is 25.0. The van der Waals surface area contributed by atoms with Crippen molar-refractivity contribution in [2.24, 2.45) is 0 Å². The van der Waals surface area contributed by atoms with Crippen LogP contribution in [0.2, 0.25) is 0 Å². The number of hydrogen-bond acceptors (Lipinski definition) is 5. The van der Waals surface area contributed by atoms with Crippen LogP contribution in [0.1, 0.15) is 28.4 Å².